The van der Waals surface area contributed by atoms with Crippen LogP contribution in [0.3, 0.4) is 0 Å². The Morgan fingerprint density at radius 2 is 2.00 bits per heavy atom. The van der Waals surface area contributed by atoms with Gasteiger partial charge in [-0.05, 0) is 29.8 Å². The molecule has 2 aromatic rings. The van der Waals surface area contributed by atoms with Crippen LogP contribution < -0.4 is 0 Å². The Balaban J connectivity index is 1.99. The molecule has 0 aromatic heterocycles. The van der Waals surface area contributed by atoms with E-state index >= 15 is 0 Å². The number of hydrogen-bond acceptors (Lipinski definition) is 4. The topological polar surface area (TPSA) is 69.4 Å². The number of hydrogen-bond donors (Lipinski definition) is 0. The number of benzene rings is 2. The molecule has 0 aliphatic heterocycles. The highest BCUT2D eigenvalue weighted by atomic mass is 79.9. The number of rotatable bonds is 5. The Morgan fingerprint density at radius 1 is 1.23 bits per heavy atom. The number of para-hydroxylation sites is 1. The van der Waals surface area contributed by atoms with Crippen LogP contribution in [0.25, 0.3) is 6.08 Å². The molecule has 0 aliphatic rings. The summed E-state index contributed by atoms with van der Waals surface area (Å²) >= 11 is 3.33. The van der Waals surface area contributed by atoms with E-state index in [0.29, 0.717) is 5.56 Å². The minimum absolute atomic E-state index is 0.0569. The highest BCUT2D eigenvalue weighted by Crippen LogP contribution is 2.19. The third kappa shape index (κ3) is 4.53. The Morgan fingerprint density at radius 3 is 2.73 bits per heavy atom. The highest BCUT2D eigenvalue weighted by Gasteiger charge is 2.09. The van der Waals surface area contributed by atoms with Gasteiger partial charge in [-0.1, -0.05) is 40.2 Å². The summed E-state index contributed by atoms with van der Waals surface area (Å²) in [5.74, 6) is -0.557. The summed E-state index contributed by atoms with van der Waals surface area (Å²) < 4.78 is 5.99. The lowest BCUT2D eigenvalue weighted by molar-refractivity contribution is -0.385. The van der Waals surface area contributed by atoms with Gasteiger partial charge in [-0.25, -0.2) is 4.79 Å². The molecule has 0 bridgehead atoms. The smallest absolute Gasteiger partial charge is 0.331 e. The summed E-state index contributed by atoms with van der Waals surface area (Å²) in [5, 5.41) is 10.9. The van der Waals surface area contributed by atoms with Gasteiger partial charge in [0.25, 0.3) is 5.69 Å². The summed E-state index contributed by atoms with van der Waals surface area (Å²) in [6.07, 6.45) is 2.56. The zero-order valence-corrected chi connectivity index (χ0v) is 13.0. The monoisotopic (exact) mass is 361 g/mol. The van der Waals surface area contributed by atoms with Gasteiger partial charge in [0.1, 0.15) is 6.61 Å². The largest absolute Gasteiger partial charge is 0.458 e. The molecular weight excluding hydrogens is 350 g/mol. The van der Waals surface area contributed by atoms with E-state index in [4.69, 9.17) is 4.74 Å². The molecule has 2 rings (SSSR count). The number of halogens is 1. The van der Waals surface area contributed by atoms with Crippen molar-refractivity contribution in [2.75, 3.05) is 0 Å². The predicted molar refractivity (Wildman–Crippen MR) is 86.1 cm³/mol. The molecule has 0 amide bonds. The first-order chi connectivity index (χ1) is 10.6. The standard InChI is InChI=1S/C16H12BrNO4/c17-14-6-3-4-12(10-14)11-22-16(19)9-8-13-5-1-2-7-15(13)18(20)21/h1-10H,11H2/b9-8+. The third-order valence-electron chi connectivity index (χ3n) is 2.80. The van der Waals surface area contributed by atoms with Gasteiger partial charge in [0.05, 0.1) is 10.5 Å². The highest BCUT2D eigenvalue weighted by molar-refractivity contribution is 9.10. The van der Waals surface area contributed by atoms with E-state index in [-0.39, 0.29) is 12.3 Å². The van der Waals surface area contributed by atoms with Crippen LogP contribution in [-0.4, -0.2) is 10.9 Å². The lowest BCUT2D eigenvalue weighted by Gasteiger charge is -2.02. The molecule has 0 unspecified atom stereocenters. The van der Waals surface area contributed by atoms with E-state index in [1.54, 1.807) is 18.2 Å². The molecule has 5 nitrogen and oxygen atoms in total. The van der Waals surface area contributed by atoms with Gasteiger partial charge in [-0.3, -0.25) is 10.1 Å². The summed E-state index contributed by atoms with van der Waals surface area (Å²) in [4.78, 5) is 22.0. The Hall–Kier alpha value is -2.47. The first-order valence-electron chi connectivity index (χ1n) is 6.39. The molecule has 0 aliphatic carbocycles. The first kappa shape index (κ1) is 15.9. The second-order valence-electron chi connectivity index (χ2n) is 4.39. The van der Waals surface area contributed by atoms with Gasteiger partial charge in [0.2, 0.25) is 0 Å². The van der Waals surface area contributed by atoms with Crippen molar-refractivity contribution in [2.45, 2.75) is 6.61 Å². The number of ether oxygens (including phenoxy) is 1. The maximum Gasteiger partial charge on any atom is 0.331 e. The van der Waals surface area contributed by atoms with Gasteiger partial charge < -0.3 is 4.74 Å². The molecule has 0 atom stereocenters. The summed E-state index contributed by atoms with van der Waals surface area (Å²) in [6.45, 7) is 0.138. The molecule has 0 saturated heterocycles. The van der Waals surface area contributed by atoms with Gasteiger partial charge >= 0.3 is 5.97 Å². The van der Waals surface area contributed by atoms with Crippen molar-refractivity contribution in [2.24, 2.45) is 0 Å². The quantitative estimate of drug-likeness (QED) is 0.347. The average Bonchev–Trinajstić information content (AvgIpc) is 2.51. The number of esters is 1. The van der Waals surface area contributed by atoms with E-state index in [1.165, 1.54) is 18.2 Å². The molecule has 0 radical (unpaired) electrons. The molecule has 112 valence electrons. The molecule has 0 saturated carbocycles. The van der Waals surface area contributed by atoms with Gasteiger partial charge in [0, 0.05) is 16.6 Å². The van der Waals surface area contributed by atoms with Crippen molar-refractivity contribution >= 4 is 33.7 Å². The molecule has 0 N–H and O–H groups in total. The lowest BCUT2D eigenvalue weighted by atomic mass is 10.1. The SMILES string of the molecule is O=C(/C=C/c1ccccc1[N+](=O)[O-])OCc1cccc(Br)c1. The molecule has 6 heteroatoms. The number of carbonyl (C=O) groups excluding carboxylic acids is 1. The van der Waals surface area contributed by atoms with E-state index in [0.717, 1.165) is 10.0 Å². The van der Waals surface area contributed by atoms with Crippen molar-refractivity contribution < 1.29 is 14.5 Å². The van der Waals surface area contributed by atoms with Gasteiger partial charge in [-0.15, -0.1) is 0 Å². The Bertz CT molecular complexity index is 728. The third-order valence-corrected chi connectivity index (χ3v) is 3.30. The number of carbonyl (C=O) groups is 1. The molecule has 2 aromatic carbocycles. The minimum Gasteiger partial charge on any atom is -0.458 e. The van der Waals surface area contributed by atoms with Crippen molar-refractivity contribution in [3.8, 4) is 0 Å². The zero-order valence-electron chi connectivity index (χ0n) is 11.4. The van der Waals surface area contributed by atoms with E-state index in [2.05, 4.69) is 15.9 Å². The van der Waals surface area contributed by atoms with E-state index in [9.17, 15) is 14.9 Å². The second kappa shape index (κ2) is 7.51. The van der Waals surface area contributed by atoms with Gasteiger partial charge in [0.15, 0.2) is 0 Å². The summed E-state index contributed by atoms with van der Waals surface area (Å²) in [7, 11) is 0. The van der Waals surface area contributed by atoms with Crippen LogP contribution in [0.4, 0.5) is 5.69 Å². The van der Waals surface area contributed by atoms with Crippen molar-refractivity contribution in [1.82, 2.24) is 0 Å². The predicted octanol–water partition coefficient (Wildman–Crippen LogP) is 4.11. The Labute approximate surface area is 135 Å². The lowest BCUT2D eigenvalue weighted by Crippen LogP contribution is -2.00. The van der Waals surface area contributed by atoms with Crippen molar-refractivity contribution in [3.05, 3.63) is 80.3 Å². The number of nitro benzene ring substituents is 1. The van der Waals surface area contributed by atoms with Crippen LogP contribution in [0.15, 0.2) is 59.1 Å². The molecule has 0 fully saturated rings. The number of nitrogens with zero attached hydrogens (tertiary/aromatic N) is 1. The van der Waals surface area contributed by atoms with Crippen molar-refractivity contribution in [1.29, 1.82) is 0 Å². The average molecular weight is 362 g/mol. The molecule has 0 spiro atoms. The summed E-state index contributed by atoms with van der Waals surface area (Å²) in [6, 6.07) is 13.6. The zero-order chi connectivity index (χ0) is 15.9. The van der Waals surface area contributed by atoms with Crippen LogP contribution >= 0.6 is 15.9 Å². The van der Waals surface area contributed by atoms with E-state index < -0.39 is 10.9 Å². The fraction of sp³-hybridized carbons (Fsp3) is 0.0625. The fourth-order valence-corrected chi connectivity index (χ4v) is 2.23. The van der Waals surface area contributed by atoms with Crippen LogP contribution in [-0.2, 0) is 16.1 Å². The Kier molecular flexibility index (Phi) is 5.43. The van der Waals surface area contributed by atoms with Crippen molar-refractivity contribution in [3.63, 3.8) is 0 Å². The van der Waals surface area contributed by atoms with E-state index in [1.807, 2.05) is 24.3 Å². The fourth-order valence-electron chi connectivity index (χ4n) is 1.78. The first-order valence-corrected chi connectivity index (χ1v) is 7.18. The normalized spacial score (nSPS) is 10.6. The molecular formula is C16H12BrNO4. The van der Waals surface area contributed by atoms with Crippen LogP contribution in [0.1, 0.15) is 11.1 Å². The van der Waals surface area contributed by atoms with Crippen LogP contribution in [0.2, 0.25) is 0 Å². The maximum absolute atomic E-state index is 11.7. The maximum atomic E-state index is 11.7. The van der Waals surface area contributed by atoms with Crippen LogP contribution in [0.5, 0.6) is 0 Å². The van der Waals surface area contributed by atoms with Gasteiger partial charge in [-0.2, -0.15) is 0 Å². The molecule has 22 heavy (non-hydrogen) atoms. The molecule has 0 heterocycles. The minimum atomic E-state index is -0.557. The summed E-state index contributed by atoms with van der Waals surface area (Å²) in [5.41, 5.74) is 1.15. The van der Waals surface area contributed by atoms with Crippen LogP contribution in [0, 0.1) is 10.1 Å². The number of nitro groups is 1. The second-order valence-corrected chi connectivity index (χ2v) is 5.30.